The van der Waals surface area contributed by atoms with E-state index in [9.17, 15) is 13.9 Å². The Labute approximate surface area is 210 Å². The number of ether oxygens (including phenoxy) is 1. The number of nitrogens with one attached hydrogen (secondary N) is 1. The fraction of sp³-hybridized carbons (Fsp3) is 0.542. The molecule has 4 heterocycles. The molecule has 0 amide bonds. The zero-order valence-electron chi connectivity index (χ0n) is 19.5. The number of benzene rings is 1. The quantitative estimate of drug-likeness (QED) is 0.523. The maximum absolute atomic E-state index is 15.4. The Morgan fingerprint density at radius 3 is 2.75 bits per heavy atom. The highest BCUT2D eigenvalue weighted by atomic mass is 35.5. The number of hydrogen-bond acceptors (Lipinski definition) is 7. The highest BCUT2D eigenvalue weighted by Gasteiger charge is 2.59. The summed E-state index contributed by atoms with van der Waals surface area (Å²) in [5.74, 6) is -2.84. The van der Waals surface area contributed by atoms with Crippen LogP contribution in [0, 0.1) is 6.92 Å². The molecule has 2 N–H and O–H groups in total. The smallest absolute Gasteiger partial charge is 0.272 e. The van der Waals surface area contributed by atoms with Crippen LogP contribution in [0.25, 0.3) is 10.9 Å². The van der Waals surface area contributed by atoms with Crippen molar-refractivity contribution < 1.29 is 23.0 Å². The molecule has 8 nitrogen and oxygen atoms in total. The predicted octanol–water partition coefficient (Wildman–Crippen LogP) is 4.00. The molecule has 2 aliphatic heterocycles. The summed E-state index contributed by atoms with van der Waals surface area (Å²) in [6.45, 7) is 3.59. The first kappa shape index (κ1) is 23.9. The average Bonchev–Trinajstić information content (AvgIpc) is 3.12. The van der Waals surface area contributed by atoms with Gasteiger partial charge in [-0.1, -0.05) is 11.6 Å². The number of anilines is 2. The van der Waals surface area contributed by atoms with Crippen molar-refractivity contribution in [3.8, 4) is 0 Å². The average molecular weight is 523 g/mol. The van der Waals surface area contributed by atoms with Gasteiger partial charge in [0.05, 0.1) is 42.8 Å². The second-order valence-electron chi connectivity index (χ2n) is 9.94. The third kappa shape index (κ3) is 4.21. The van der Waals surface area contributed by atoms with Crippen LogP contribution in [0.15, 0.2) is 24.5 Å². The van der Waals surface area contributed by atoms with Crippen molar-refractivity contribution in [2.45, 2.75) is 56.0 Å². The third-order valence-electron chi connectivity index (χ3n) is 7.50. The molecule has 1 saturated carbocycles. The number of aromatic nitrogens is 4. The molecule has 2 saturated heterocycles. The number of rotatable bonds is 5. The first-order chi connectivity index (χ1) is 17.2. The monoisotopic (exact) mass is 522 g/mol. The van der Waals surface area contributed by atoms with E-state index in [2.05, 4.69) is 20.4 Å². The number of hydrogen-bond donors (Lipinski definition) is 2. The molecule has 0 spiro atoms. The van der Waals surface area contributed by atoms with E-state index in [4.69, 9.17) is 16.3 Å². The summed E-state index contributed by atoms with van der Waals surface area (Å²) in [5, 5.41) is 17.9. The van der Waals surface area contributed by atoms with E-state index < -0.39 is 24.2 Å². The van der Waals surface area contributed by atoms with E-state index in [0.717, 1.165) is 21.2 Å². The standard InChI is InChI=1S/C24H26ClF3N6O2/c1-12-4-13-7-29-23(32-18-8-30-34(22(18)25)21-6-24(21,27)28)31-17(13)5-15(12)14-2-3-33(9-16(14)26)19-10-36-11-20(19)35/h4-5,7-8,14,16,19-21,35H,2-3,6,9-11H2,1H3,(H,29,31,32)/t14-,16+,19-,20+,21+/m1/s1. The summed E-state index contributed by atoms with van der Waals surface area (Å²) in [4.78, 5) is 10.9. The number of halogens is 4. The molecule has 0 bridgehead atoms. The summed E-state index contributed by atoms with van der Waals surface area (Å²) >= 11 is 6.27. The van der Waals surface area contributed by atoms with Gasteiger partial charge in [-0.05, 0) is 43.1 Å². The molecule has 5 atom stereocenters. The van der Waals surface area contributed by atoms with Crippen LogP contribution in [0.1, 0.15) is 35.9 Å². The van der Waals surface area contributed by atoms with Gasteiger partial charge in [-0.2, -0.15) is 5.10 Å². The first-order valence-electron chi connectivity index (χ1n) is 12.0. The Bertz CT molecular complexity index is 1310. The van der Waals surface area contributed by atoms with Crippen LogP contribution < -0.4 is 5.32 Å². The summed E-state index contributed by atoms with van der Waals surface area (Å²) in [7, 11) is 0. The zero-order valence-corrected chi connectivity index (χ0v) is 20.3. The predicted molar refractivity (Wildman–Crippen MR) is 128 cm³/mol. The number of likely N-dealkylation sites (tertiary alicyclic amines) is 1. The van der Waals surface area contributed by atoms with Gasteiger partial charge in [0.15, 0.2) is 5.15 Å². The minimum absolute atomic E-state index is 0.0651. The van der Waals surface area contributed by atoms with E-state index in [1.807, 2.05) is 24.0 Å². The first-order valence-corrected chi connectivity index (χ1v) is 12.4. The van der Waals surface area contributed by atoms with E-state index in [1.54, 1.807) is 6.20 Å². The number of piperidine rings is 1. The van der Waals surface area contributed by atoms with Crippen molar-refractivity contribution in [1.29, 1.82) is 0 Å². The molecular weight excluding hydrogens is 497 g/mol. The van der Waals surface area contributed by atoms with Crippen LogP contribution in [0.3, 0.4) is 0 Å². The van der Waals surface area contributed by atoms with Gasteiger partial charge < -0.3 is 15.2 Å². The Hall–Kier alpha value is -2.47. The second kappa shape index (κ2) is 8.83. The van der Waals surface area contributed by atoms with Crippen molar-refractivity contribution >= 4 is 34.1 Å². The molecule has 3 aromatic rings. The van der Waals surface area contributed by atoms with Crippen molar-refractivity contribution in [2.24, 2.45) is 0 Å². The zero-order chi connectivity index (χ0) is 25.2. The molecule has 3 aliphatic rings. The van der Waals surface area contributed by atoms with Gasteiger partial charge in [0.1, 0.15) is 12.2 Å². The largest absolute Gasteiger partial charge is 0.389 e. The summed E-state index contributed by atoms with van der Waals surface area (Å²) in [5.41, 5.74) is 2.83. The second-order valence-corrected chi connectivity index (χ2v) is 10.3. The van der Waals surface area contributed by atoms with E-state index in [-0.39, 0.29) is 36.0 Å². The minimum Gasteiger partial charge on any atom is -0.389 e. The van der Waals surface area contributed by atoms with E-state index in [0.29, 0.717) is 37.4 Å². The Kier molecular flexibility index (Phi) is 5.86. The fourth-order valence-electron chi connectivity index (χ4n) is 5.36. The van der Waals surface area contributed by atoms with Gasteiger partial charge in [0.2, 0.25) is 5.95 Å². The lowest BCUT2D eigenvalue weighted by molar-refractivity contribution is 0.0352. The van der Waals surface area contributed by atoms with Crippen LogP contribution in [0.5, 0.6) is 0 Å². The summed E-state index contributed by atoms with van der Waals surface area (Å²) in [6, 6.07) is 2.65. The number of fused-ring (bicyclic) bond motifs is 1. The van der Waals surface area contributed by atoms with E-state index in [1.165, 1.54) is 6.20 Å². The highest BCUT2D eigenvalue weighted by Crippen LogP contribution is 2.53. The lowest BCUT2D eigenvalue weighted by atomic mass is 9.84. The normalized spacial score (nSPS) is 30.1. The van der Waals surface area contributed by atoms with Crippen LogP contribution in [0.2, 0.25) is 5.15 Å². The summed E-state index contributed by atoms with van der Waals surface area (Å²) < 4.78 is 48.7. The van der Waals surface area contributed by atoms with Crippen molar-refractivity contribution in [2.75, 3.05) is 31.6 Å². The van der Waals surface area contributed by atoms with E-state index >= 15 is 4.39 Å². The Morgan fingerprint density at radius 2 is 2.06 bits per heavy atom. The maximum Gasteiger partial charge on any atom is 0.272 e. The molecule has 6 rings (SSSR count). The molecular formula is C24H26ClF3N6O2. The topological polar surface area (TPSA) is 88.3 Å². The van der Waals surface area contributed by atoms with Crippen LogP contribution in [-0.2, 0) is 4.74 Å². The molecule has 192 valence electrons. The lowest BCUT2D eigenvalue weighted by Gasteiger charge is -2.39. The van der Waals surface area contributed by atoms with Gasteiger partial charge in [0, 0.05) is 30.5 Å². The third-order valence-corrected chi connectivity index (χ3v) is 7.88. The van der Waals surface area contributed by atoms with Crippen molar-refractivity contribution in [1.82, 2.24) is 24.6 Å². The number of alkyl halides is 3. The number of nitrogens with zero attached hydrogens (tertiary/aromatic N) is 5. The van der Waals surface area contributed by atoms with Gasteiger partial charge in [0.25, 0.3) is 5.92 Å². The van der Waals surface area contributed by atoms with Crippen LogP contribution in [0.4, 0.5) is 24.8 Å². The Balaban J connectivity index is 1.22. The molecule has 36 heavy (non-hydrogen) atoms. The fourth-order valence-corrected chi connectivity index (χ4v) is 5.62. The Morgan fingerprint density at radius 1 is 1.25 bits per heavy atom. The van der Waals surface area contributed by atoms with Gasteiger partial charge >= 0.3 is 0 Å². The van der Waals surface area contributed by atoms with Gasteiger partial charge in [-0.3, -0.25) is 4.90 Å². The van der Waals surface area contributed by atoms with Gasteiger partial charge in [-0.25, -0.2) is 27.8 Å². The van der Waals surface area contributed by atoms with Crippen LogP contribution in [-0.4, -0.2) is 80.3 Å². The van der Waals surface area contributed by atoms with Gasteiger partial charge in [-0.15, -0.1) is 0 Å². The molecule has 0 radical (unpaired) electrons. The SMILES string of the molecule is Cc1cc2cnc(Nc3cnn([C@H]4CC4(F)F)c3Cl)nc2cc1[C@H]1CCN([C@@H]2COC[C@@H]2O)C[C@@H]1F. The van der Waals surface area contributed by atoms with Crippen molar-refractivity contribution in [3.63, 3.8) is 0 Å². The molecule has 2 aromatic heterocycles. The summed E-state index contributed by atoms with van der Waals surface area (Å²) in [6.07, 6.45) is 1.69. The number of aryl methyl sites for hydroxylation is 1. The van der Waals surface area contributed by atoms with Crippen molar-refractivity contribution in [3.05, 3.63) is 40.8 Å². The molecule has 0 unspecified atom stereocenters. The number of aliphatic hydroxyl groups is 1. The lowest BCUT2D eigenvalue weighted by Crippen LogP contribution is -2.50. The minimum atomic E-state index is -2.80. The molecule has 3 fully saturated rings. The molecule has 12 heteroatoms. The maximum atomic E-state index is 15.4. The molecule has 1 aromatic carbocycles. The number of aliphatic hydroxyl groups excluding tert-OH is 1. The molecule has 1 aliphatic carbocycles. The van der Waals surface area contributed by atoms with Crippen LogP contribution >= 0.6 is 11.6 Å². The highest BCUT2D eigenvalue weighted by molar-refractivity contribution is 6.32.